The summed E-state index contributed by atoms with van der Waals surface area (Å²) >= 11 is 0. The van der Waals surface area contributed by atoms with Crippen molar-refractivity contribution in [2.45, 2.75) is 39.3 Å². The van der Waals surface area contributed by atoms with Gasteiger partial charge in [-0.05, 0) is 39.0 Å². The quantitative estimate of drug-likeness (QED) is 0.645. The van der Waals surface area contributed by atoms with Gasteiger partial charge in [0.05, 0.1) is 18.4 Å². The van der Waals surface area contributed by atoms with Crippen LogP contribution in [-0.4, -0.2) is 45.9 Å². The molecule has 2 aromatic heterocycles. The van der Waals surface area contributed by atoms with Crippen molar-refractivity contribution in [2.24, 2.45) is 0 Å². The highest BCUT2D eigenvalue weighted by Crippen LogP contribution is 2.25. The molecule has 9 nitrogen and oxygen atoms in total. The fourth-order valence-electron chi connectivity index (χ4n) is 3.51. The van der Waals surface area contributed by atoms with E-state index in [9.17, 15) is 9.59 Å². The van der Waals surface area contributed by atoms with E-state index in [1.165, 1.54) is 7.11 Å². The smallest absolute Gasteiger partial charge is 0.413 e. The lowest BCUT2D eigenvalue weighted by Gasteiger charge is -2.30. The molecule has 3 aromatic rings. The van der Waals surface area contributed by atoms with Crippen molar-refractivity contribution < 1.29 is 19.1 Å². The zero-order valence-electron chi connectivity index (χ0n) is 18.0. The third-order valence-electron chi connectivity index (χ3n) is 4.86. The zero-order chi connectivity index (χ0) is 22.2. The number of carbonyl (C=O) groups excluding carboxylic acids is 2. The van der Waals surface area contributed by atoms with Gasteiger partial charge in [0.25, 0.3) is 0 Å². The van der Waals surface area contributed by atoms with E-state index in [0.29, 0.717) is 23.6 Å². The topological polar surface area (TPSA) is 98.1 Å². The van der Waals surface area contributed by atoms with Crippen LogP contribution in [0.5, 0.6) is 0 Å². The Morgan fingerprint density at radius 3 is 2.74 bits per heavy atom. The normalized spacial score (nSPS) is 13.6. The second kappa shape index (κ2) is 7.90. The Morgan fingerprint density at radius 2 is 2.00 bits per heavy atom. The highest BCUT2D eigenvalue weighted by atomic mass is 16.6. The van der Waals surface area contributed by atoms with Crippen LogP contribution in [0, 0.1) is 0 Å². The number of hydrogen-bond acceptors (Lipinski definition) is 7. The Labute approximate surface area is 180 Å². The first-order valence-electron chi connectivity index (χ1n) is 10.0. The van der Waals surface area contributed by atoms with E-state index in [1.807, 2.05) is 24.4 Å². The summed E-state index contributed by atoms with van der Waals surface area (Å²) in [6, 6.07) is 9.11. The van der Waals surface area contributed by atoms with E-state index in [4.69, 9.17) is 14.5 Å². The third-order valence-corrected chi connectivity index (χ3v) is 4.86. The molecule has 0 aliphatic carbocycles. The molecule has 1 aliphatic rings. The first kappa shape index (κ1) is 20.6. The number of fused-ring (bicyclic) bond motifs is 2. The molecule has 0 unspecified atom stereocenters. The monoisotopic (exact) mass is 423 g/mol. The van der Waals surface area contributed by atoms with E-state index in [0.717, 1.165) is 29.9 Å². The van der Waals surface area contributed by atoms with E-state index in [-0.39, 0.29) is 5.97 Å². The number of anilines is 2. The predicted molar refractivity (Wildman–Crippen MR) is 115 cm³/mol. The minimum absolute atomic E-state index is 0.357. The molecule has 3 heterocycles. The summed E-state index contributed by atoms with van der Waals surface area (Å²) in [5.74, 6) is 0.0240. The van der Waals surface area contributed by atoms with Crippen molar-refractivity contribution in [3.05, 3.63) is 53.3 Å². The fourth-order valence-corrected chi connectivity index (χ4v) is 3.51. The Balaban J connectivity index is 1.54. The van der Waals surface area contributed by atoms with Gasteiger partial charge < -0.3 is 14.4 Å². The Morgan fingerprint density at radius 1 is 1.19 bits per heavy atom. The zero-order valence-corrected chi connectivity index (χ0v) is 18.0. The molecular formula is C22H25N5O4. The molecule has 0 spiro atoms. The first-order chi connectivity index (χ1) is 14.7. The second-order valence-corrected chi connectivity index (χ2v) is 8.39. The van der Waals surface area contributed by atoms with Crippen LogP contribution in [-0.2, 0) is 22.4 Å². The largest absolute Gasteiger partial charge is 0.465 e. The fraction of sp³-hybridized carbons (Fsp3) is 0.364. The van der Waals surface area contributed by atoms with E-state index in [1.54, 1.807) is 37.4 Å². The number of hydrogen-bond donors (Lipinski definition) is 1. The maximum absolute atomic E-state index is 12.0. The standard InChI is InChI=1S/C22H25N5O4/c1-22(2,3)31-21(29)24-18-11-19-23-17-8-9-26(12-15(17)13-27(19)25-18)16-7-5-6-14(10-16)20(28)30-4/h5-7,10-11,13H,8-9,12H2,1-4H3,(H,24,25,29). The molecule has 0 saturated heterocycles. The maximum Gasteiger partial charge on any atom is 0.413 e. The van der Waals surface area contributed by atoms with Crippen LogP contribution in [0.1, 0.15) is 42.4 Å². The maximum atomic E-state index is 12.0. The number of ether oxygens (including phenoxy) is 2. The number of nitrogens with one attached hydrogen (secondary N) is 1. The second-order valence-electron chi connectivity index (χ2n) is 8.39. The number of esters is 1. The number of aromatic nitrogens is 3. The molecule has 0 saturated carbocycles. The van der Waals surface area contributed by atoms with Crippen molar-refractivity contribution in [3.63, 3.8) is 0 Å². The van der Waals surface area contributed by atoms with Gasteiger partial charge in [-0.25, -0.2) is 19.1 Å². The number of amides is 1. The summed E-state index contributed by atoms with van der Waals surface area (Å²) in [5.41, 5.74) is 3.57. The average molecular weight is 423 g/mol. The summed E-state index contributed by atoms with van der Waals surface area (Å²) in [4.78, 5) is 30.8. The highest BCUT2D eigenvalue weighted by Gasteiger charge is 2.21. The minimum Gasteiger partial charge on any atom is -0.465 e. The summed E-state index contributed by atoms with van der Waals surface area (Å²) in [6.07, 6.45) is 2.13. The summed E-state index contributed by atoms with van der Waals surface area (Å²) < 4.78 is 11.7. The van der Waals surface area contributed by atoms with Crippen LogP contribution in [0.25, 0.3) is 5.65 Å². The van der Waals surface area contributed by atoms with Crippen molar-refractivity contribution in [3.8, 4) is 0 Å². The van der Waals surface area contributed by atoms with Crippen LogP contribution < -0.4 is 10.2 Å². The third kappa shape index (κ3) is 4.60. The van der Waals surface area contributed by atoms with Gasteiger partial charge in [-0.15, -0.1) is 5.10 Å². The van der Waals surface area contributed by atoms with Gasteiger partial charge in [-0.1, -0.05) is 6.07 Å². The molecule has 4 rings (SSSR count). The molecule has 0 atom stereocenters. The molecule has 31 heavy (non-hydrogen) atoms. The van der Waals surface area contributed by atoms with Crippen molar-refractivity contribution in [1.82, 2.24) is 14.6 Å². The lowest BCUT2D eigenvalue weighted by atomic mass is 10.1. The van der Waals surface area contributed by atoms with Gasteiger partial charge in [-0.2, -0.15) is 0 Å². The molecule has 0 fully saturated rings. The van der Waals surface area contributed by atoms with Crippen LogP contribution >= 0.6 is 0 Å². The Kier molecular flexibility index (Phi) is 5.26. The van der Waals surface area contributed by atoms with Crippen LogP contribution in [0.2, 0.25) is 0 Å². The van der Waals surface area contributed by atoms with Gasteiger partial charge in [0, 0.05) is 43.0 Å². The number of benzene rings is 1. The molecule has 1 N–H and O–H groups in total. The van der Waals surface area contributed by atoms with E-state index >= 15 is 0 Å². The lowest BCUT2D eigenvalue weighted by molar-refractivity contribution is 0.0598. The van der Waals surface area contributed by atoms with Crippen molar-refractivity contribution in [1.29, 1.82) is 0 Å². The SMILES string of the molecule is COC(=O)c1cccc(N2CCc3nc4cc(NC(=O)OC(C)(C)C)nn4cc3C2)c1. The molecule has 0 radical (unpaired) electrons. The van der Waals surface area contributed by atoms with Gasteiger partial charge in [0.15, 0.2) is 11.5 Å². The van der Waals surface area contributed by atoms with Crippen LogP contribution in [0.3, 0.4) is 0 Å². The van der Waals surface area contributed by atoms with Gasteiger partial charge in [0.2, 0.25) is 0 Å². The van der Waals surface area contributed by atoms with Crippen LogP contribution in [0.4, 0.5) is 16.3 Å². The number of nitrogens with zero attached hydrogens (tertiary/aromatic N) is 4. The molecule has 9 heteroatoms. The minimum atomic E-state index is -0.588. The lowest BCUT2D eigenvalue weighted by Crippen LogP contribution is -2.31. The molecule has 1 aromatic carbocycles. The molecule has 1 aliphatic heterocycles. The summed E-state index contributed by atoms with van der Waals surface area (Å²) in [5, 5.41) is 7.05. The van der Waals surface area contributed by atoms with Crippen molar-refractivity contribution in [2.75, 3.05) is 23.9 Å². The van der Waals surface area contributed by atoms with Crippen LogP contribution in [0.15, 0.2) is 36.5 Å². The summed E-state index contributed by atoms with van der Waals surface area (Å²) in [6.45, 7) is 6.82. The predicted octanol–water partition coefficient (Wildman–Crippen LogP) is 3.43. The van der Waals surface area contributed by atoms with E-state index < -0.39 is 11.7 Å². The molecular weight excluding hydrogens is 398 g/mol. The Bertz CT molecular complexity index is 1150. The van der Waals surface area contributed by atoms with E-state index in [2.05, 4.69) is 15.3 Å². The van der Waals surface area contributed by atoms with Gasteiger partial charge >= 0.3 is 12.1 Å². The first-order valence-corrected chi connectivity index (χ1v) is 10.0. The van der Waals surface area contributed by atoms with Gasteiger partial charge in [0.1, 0.15) is 5.60 Å². The van der Waals surface area contributed by atoms with Gasteiger partial charge in [-0.3, -0.25) is 5.32 Å². The number of carbonyl (C=O) groups is 2. The summed E-state index contributed by atoms with van der Waals surface area (Å²) in [7, 11) is 1.37. The highest BCUT2D eigenvalue weighted by molar-refractivity contribution is 5.90. The average Bonchev–Trinajstić information content (AvgIpc) is 3.10. The number of methoxy groups -OCH3 is 1. The van der Waals surface area contributed by atoms with Crippen molar-refractivity contribution >= 4 is 29.2 Å². The molecule has 0 bridgehead atoms. The molecule has 1 amide bonds. The molecule has 162 valence electrons. The Hall–Kier alpha value is -3.62. The number of rotatable bonds is 3.